The zero-order valence-electron chi connectivity index (χ0n) is 7.93. The highest BCUT2D eigenvalue weighted by Crippen LogP contribution is 2.38. The summed E-state index contributed by atoms with van der Waals surface area (Å²) in [6.07, 6.45) is 0. The lowest BCUT2D eigenvalue weighted by Crippen LogP contribution is -2.31. The van der Waals surface area contributed by atoms with Crippen LogP contribution in [0.3, 0.4) is 0 Å². The number of hydrogen-bond acceptors (Lipinski definition) is 0. The maximum Gasteiger partial charge on any atom is 0.0859 e. The molecular weight excluding hydrogens is 160 g/mol. The number of hydrogen-bond donors (Lipinski definition) is 0. The van der Waals surface area contributed by atoms with Crippen LogP contribution in [0.5, 0.6) is 0 Å². The van der Waals surface area contributed by atoms with Crippen LogP contribution in [0.25, 0.3) is 0 Å². The molecule has 1 heterocycles. The van der Waals surface area contributed by atoms with E-state index in [1.165, 1.54) is 23.7 Å². The van der Waals surface area contributed by atoms with E-state index in [4.69, 9.17) is 0 Å². The van der Waals surface area contributed by atoms with E-state index in [1.54, 1.807) is 5.19 Å². The molecule has 0 aliphatic carbocycles. The topological polar surface area (TPSA) is 0 Å². The van der Waals surface area contributed by atoms with Gasteiger partial charge >= 0.3 is 0 Å². The minimum atomic E-state index is -0.826. The van der Waals surface area contributed by atoms with Gasteiger partial charge in [-0.1, -0.05) is 60.1 Å². The highest BCUT2D eigenvalue weighted by Gasteiger charge is 2.44. The molecule has 0 nitrogen and oxygen atoms in total. The quantitative estimate of drug-likeness (QED) is 0.608. The Labute approximate surface area is 75.6 Å². The van der Waals surface area contributed by atoms with E-state index in [9.17, 15) is 0 Å². The van der Waals surface area contributed by atoms with Gasteiger partial charge in [-0.2, -0.15) is 0 Å². The molecule has 0 spiro atoms. The Kier molecular flexibility index (Phi) is 1.84. The zero-order valence-corrected chi connectivity index (χ0v) is 8.93. The Hall–Kier alpha value is -0.563. The lowest BCUT2D eigenvalue weighted by molar-refractivity contribution is 1.41. The number of benzene rings is 1. The van der Waals surface area contributed by atoms with Crippen molar-refractivity contribution in [3.05, 3.63) is 29.8 Å². The molecule has 0 atom stereocenters. The summed E-state index contributed by atoms with van der Waals surface area (Å²) in [6, 6.07) is 13.8. The first-order valence-electron chi connectivity index (χ1n) is 4.84. The summed E-state index contributed by atoms with van der Waals surface area (Å²) in [5, 5.41) is 1.69. The molecular formula is C11H16Si. The van der Waals surface area contributed by atoms with Crippen molar-refractivity contribution in [2.75, 3.05) is 0 Å². The van der Waals surface area contributed by atoms with Crippen LogP contribution in [-0.2, 0) is 0 Å². The van der Waals surface area contributed by atoms with Crippen molar-refractivity contribution in [3.8, 4) is 0 Å². The van der Waals surface area contributed by atoms with E-state index in [1.807, 2.05) is 0 Å². The van der Waals surface area contributed by atoms with E-state index < -0.39 is 8.07 Å². The smallest absolute Gasteiger partial charge is 0.0675 e. The van der Waals surface area contributed by atoms with Crippen molar-refractivity contribution in [1.82, 2.24) is 0 Å². The Bertz CT molecular complexity index is 270. The third-order valence-electron chi connectivity index (χ3n) is 3.19. The van der Waals surface area contributed by atoms with Crippen LogP contribution in [0, 0.1) is 6.92 Å². The summed E-state index contributed by atoms with van der Waals surface area (Å²) in [5.41, 5.74) is 1.39. The second-order valence-corrected chi connectivity index (χ2v) is 8.85. The first-order valence-corrected chi connectivity index (χ1v) is 7.46. The van der Waals surface area contributed by atoms with Gasteiger partial charge in [-0.05, 0) is 6.92 Å². The first-order chi connectivity index (χ1) is 5.77. The zero-order chi connectivity index (χ0) is 8.60. The van der Waals surface area contributed by atoms with Crippen LogP contribution in [0.2, 0.25) is 18.1 Å². The second kappa shape index (κ2) is 2.73. The summed E-state index contributed by atoms with van der Waals surface area (Å²) in [6.45, 7) is 4.52. The molecule has 0 saturated carbocycles. The molecule has 1 aromatic carbocycles. The maximum atomic E-state index is 2.36. The minimum Gasteiger partial charge on any atom is -0.0675 e. The van der Waals surface area contributed by atoms with Crippen molar-refractivity contribution < 1.29 is 0 Å². The van der Waals surface area contributed by atoms with Gasteiger partial charge in [-0.25, -0.2) is 0 Å². The molecule has 0 aromatic heterocycles. The average Bonchev–Trinajstić information content (AvgIpc) is 2.86. The standard InChI is InChI=1S/C11H16Si/c1-3-12(8-9-12)11-6-4-10(2)5-7-11/h4-7H,3,8-9H2,1-2H3. The second-order valence-electron chi connectivity index (χ2n) is 4.00. The maximum absolute atomic E-state index is 2.36. The van der Waals surface area contributed by atoms with E-state index >= 15 is 0 Å². The van der Waals surface area contributed by atoms with E-state index in [0.717, 1.165) is 0 Å². The molecule has 1 aromatic rings. The molecule has 0 bridgehead atoms. The predicted octanol–water partition coefficient (Wildman–Crippen LogP) is 2.68. The van der Waals surface area contributed by atoms with Gasteiger partial charge in [0.1, 0.15) is 0 Å². The van der Waals surface area contributed by atoms with Gasteiger partial charge in [-0.15, -0.1) is 0 Å². The van der Waals surface area contributed by atoms with Crippen LogP contribution in [0.1, 0.15) is 12.5 Å². The van der Waals surface area contributed by atoms with Gasteiger partial charge in [0.15, 0.2) is 0 Å². The lowest BCUT2D eigenvalue weighted by atomic mass is 10.2. The fourth-order valence-electron chi connectivity index (χ4n) is 1.90. The summed E-state index contributed by atoms with van der Waals surface area (Å²) < 4.78 is 0. The van der Waals surface area contributed by atoms with Gasteiger partial charge in [-0.3, -0.25) is 0 Å². The molecule has 1 saturated heterocycles. The Morgan fingerprint density at radius 2 is 1.75 bits per heavy atom. The highest BCUT2D eigenvalue weighted by molar-refractivity contribution is 7.00. The molecule has 2 rings (SSSR count). The fourth-order valence-corrected chi connectivity index (χ4v) is 5.68. The van der Waals surface area contributed by atoms with E-state index in [-0.39, 0.29) is 0 Å². The van der Waals surface area contributed by atoms with Crippen molar-refractivity contribution >= 4 is 13.3 Å². The molecule has 0 N–H and O–H groups in total. The number of rotatable bonds is 2. The van der Waals surface area contributed by atoms with Crippen LogP contribution in [0.4, 0.5) is 0 Å². The third-order valence-corrected chi connectivity index (χ3v) is 7.81. The number of aryl methyl sites for hydroxylation is 1. The third kappa shape index (κ3) is 1.22. The monoisotopic (exact) mass is 176 g/mol. The Balaban J connectivity index is 2.29. The summed E-state index contributed by atoms with van der Waals surface area (Å²) in [5.74, 6) is 0. The normalized spacial score (nSPS) is 19.2. The highest BCUT2D eigenvalue weighted by atomic mass is 28.3. The summed E-state index contributed by atoms with van der Waals surface area (Å²) >= 11 is 0. The molecule has 1 heteroatoms. The van der Waals surface area contributed by atoms with Crippen molar-refractivity contribution in [2.45, 2.75) is 32.0 Å². The Morgan fingerprint density at radius 3 is 2.17 bits per heavy atom. The van der Waals surface area contributed by atoms with E-state index in [0.29, 0.717) is 0 Å². The van der Waals surface area contributed by atoms with Gasteiger partial charge in [0.05, 0.1) is 8.07 Å². The first kappa shape index (κ1) is 8.05. The van der Waals surface area contributed by atoms with E-state index in [2.05, 4.69) is 38.1 Å². The van der Waals surface area contributed by atoms with Crippen LogP contribution >= 0.6 is 0 Å². The van der Waals surface area contributed by atoms with Crippen molar-refractivity contribution in [3.63, 3.8) is 0 Å². The van der Waals surface area contributed by atoms with Gasteiger partial charge in [0, 0.05) is 0 Å². The molecule has 0 unspecified atom stereocenters. The van der Waals surface area contributed by atoms with Crippen LogP contribution < -0.4 is 5.19 Å². The average molecular weight is 176 g/mol. The van der Waals surface area contributed by atoms with Crippen LogP contribution in [-0.4, -0.2) is 8.07 Å². The van der Waals surface area contributed by atoms with Crippen molar-refractivity contribution in [1.29, 1.82) is 0 Å². The lowest BCUT2D eigenvalue weighted by Gasteiger charge is -2.10. The van der Waals surface area contributed by atoms with Gasteiger partial charge in [0.25, 0.3) is 0 Å². The van der Waals surface area contributed by atoms with Gasteiger partial charge in [0.2, 0.25) is 0 Å². The molecule has 12 heavy (non-hydrogen) atoms. The Morgan fingerprint density at radius 1 is 1.17 bits per heavy atom. The molecule has 0 amide bonds. The van der Waals surface area contributed by atoms with Gasteiger partial charge < -0.3 is 0 Å². The summed E-state index contributed by atoms with van der Waals surface area (Å²) in [4.78, 5) is 0. The SMILES string of the molecule is CC[Si]1(c2ccc(C)cc2)CC1. The molecule has 0 radical (unpaired) electrons. The van der Waals surface area contributed by atoms with Crippen LogP contribution in [0.15, 0.2) is 24.3 Å². The molecule has 1 aliphatic heterocycles. The predicted molar refractivity (Wildman–Crippen MR) is 56.7 cm³/mol. The summed E-state index contributed by atoms with van der Waals surface area (Å²) in [7, 11) is -0.826. The fraction of sp³-hybridized carbons (Fsp3) is 0.455. The minimum absolute atomic E-state index is 0.826. The molecule has 1 fully saturated rings. The van der Waals surface area contributed by atoms with Crippen molar-refractivity contribution in [2.24, 2.45) is 0 Å². The largest absolute Gasteiger partial charge is 0.0859 e. The molecule has 1 aliphatic rings. The molecule has 64 valence electrons.